The predicted molar refractivity (Wildman–Crippen MR) is 368 cm³/mol. The van der Waals surface area contributed by atoms with Crippen LogP contribution in [0.3, 0.4) is 0 Å². The molecule has 0 fully saturated rings. The number of ether oxygens (including phenoxy) is 4. The first-order valence-electron chi connectivity index (χ1n) is 37.6. The number of phosphoric ester groups is 2. The largest absolute Gasteiger partial charge is 0.472 e. The Balaban J connectivity index is 5.24. The number of phosphoric acid groups is 2. The first-order valence-corrected chi connectivity index (χ1v) is 40.6. The molecule has 0 aromatic carbocycles. The van der Waals surface area contributed by atoms with E-state index in [1.165, 1.54) is 199 Å². The van der Waals surface area contributed by atoms with Crippen LogP contribution in [0.15, 0.2) is 0 Å². The number of carbonyl (C=O) groups is 4. The van der Waals surface area contributed by atoms with E-state index in [9.17, 15) is 43.2 Å². The summed E-state index contributed by atoms with van der Waals surface area (Å²) in [5.41, 5.74) is 0. The Kier molecular flexibility index (Phi) is 64.0. The highest BCUT2D eigenvalue weighted by atomic mass is 31.2. The molecule has 0 rings (SSSR count). The van der Waals surface area contributed by atoms with Gasteiger partial charge in [-0.3, -0.25) is 37.3 Å². The van der Waals surface area contributed by atoms with Gasteiger partial charge in [0.2, 0.25) is 0 Å². The Hall–Kier alpha value is -1.94. The monoisotopic (exact) mass is 1340 g/mol. The van der Waals surface area contributed by atoms with Gasteiger partial charge in [-0.25, -0.2) is 9.13 Å². The lowest BCUT2D eigenvalue weighted by Crippen LogP contribution is -2.30. The van der Waals surface area contributed by atoms with Crippen molar-refractivity contribution in [1.82, 2.24) is 0 Å². The van der Waals surface area contributed by atoms with Gasteiger partial charge in [0.25, 0.3) is 0 Å². The Bertz CT molecular complexity index is 1750. The van der Waals surface area contributed by atoms with Crippen LogP contribution in [0.1, 0.15) is 375 Å². The number of esters is 4. The molecule has 540 valence electrons. The number of carbonyl (C=O) groups excluding carboxylic acids is 4. The highest BCUT2D eigenvalue weighted by Gasteiger charge is 2.30. The number of unbranched alkanes of at least 4 members (excludes halogenated alkanes) is 44. The van der Waals surface area contributed by atoms with Gasteiger partial charge in [0.15, 0.2) is 12.2 Å². The third kappa shape index (κ3) is 66.5. The summed E-state index contributed by atoms with van der Waals surface area (Å²) in [7, 11) is -9.90. The lowest BCUT2D eigenvalue weighted by atomic mass is 10.0. The molecule has 0 bridgehead atoms. The van der Waals surface area contributed by atoms with E-state index in [1.807, 2.05) is 0 Å². The second-order valence-corrected chi connectivity index (χ2v) is 29.4. The van der Waals surface area contributed by atoms with Crippen LogP contribution in [0, 0.1) is 5.92 Å². The molecule has 3 N–H and O–H groups in total. The predicted octanol–water partition coefficient (Wildman–Crippen LogP) is 20.9. The van der Waals surface area contributed by atoms with Crippen molar-refractivity contribution >= 4 is 39.5 Å². The number of aliphatic hydroxyl groups is 1. The molecule has 91 heavy (non-hydrogen) atoms. The molecule has 0 saturated heterocycles. The second kappa shape index (κ2) is 65.4. The normalized spacial score (nSPS) is 14.0. The van der Waals surface area contributed by atoms with Gasteiger partial charge in [-0.2, -0.15) is 0 Å². The molecule has 0 aliphatic heterocycles. The second-order valence-electron chi connectivity index (χ2n) is 26.5. The van der Waals surface area contributed by atoms with Gasteiger partial charge in [-0.15, -0.1) is 0 Å². The molecule has 17 nitrogen and oxygen atoms in total. The summed E-state index contributed by atoms with van der Waals surface area (Å²) < 4.78 is 68.4. The van der Waals surface area contributed by atoms with Crippen molar-refractivity contribution in [2.24, 2.45) is 5.92 Å². The topological polar surface area (TPSA) is 237 Å². The summed E-state index contributed by atoms with van der Waals surface area (Å²) in [5, 5.41) is 10.6. The molecule has 0 heterocycles. The van der Waals surface area contributed by atoms with Crippen molar-refractivity contribution in [3.05, 3.63) is 0 Å². The van der Waals surface area contributed by atoms with Gasteiger partial charge in [0.05, 0.1) is 26.4 Å². The lowest BCUT2D eigenvalue weighted by molar-refractivity contribution is -0.161. The van der Waals surface area contributed by atoms with Crippen molar-refractivity contribution in [2.75, 3.05) is 39.6 Å². The summed E-state index contributed by atoms with van der Waals surface area (Å²) in [5.74, 6) is -1.38. The SMILES string of the molecule is CCCCCCCCCCCCCCCCCCC(=O)O[C@H](COC(=O)CCCCCCCCCCCCCCC)COP(=O)(O)OC[C@@H](O)COP(=O)(O)OC[C@@H](COC(=O)CCCCCCCCCCCC)OC(=O)CCCCCCCCCCCC(C)C. The van der Waals surface area contributed by atoms with Crippen LogP contribution in [-0.2, 0) is 65.4 Å². The van der Waals surface area contributed by atoms with E-state index < -0.39 is 97.5 Å². The molecule has 0 spiro atoms. The first kappa shape index (κ1) is 89.1. The van der Waals surface area contributed by atoms with E-state index in [4.69, 9.17) is 37.0 Å². The van der Waals surface area contributed by atoms with Crippen molar-refractivity contribution in [1.29, 1.82) is 0 Å². The zero-order chi connectivity index (χ0) is 67.0. The van der Waals surface area contributed by atoms with Crippen molar-refractivity contribution in [3.8, 4) is 0 Å². The molecule has 5 atom stereocenters. The maximum atomic E-state index is 13.0. The van der Waals surface area contributed by atoms with Crippen molar-refractivity contribution < 1.29 is 80.2 Å². The zero-order valence-electron chi connectivity index (χ0n) is 59.0. The Labute approximate surface area is 556 Å². The van der Waals surface area contributed by atoms with E-state index in [0.29, 0.717) is 25.7 Å². The summed E-state index contributed by atoms with van der Waals surface area (Å²) in [4.78, 5) is 72.6. The summed E-state index contributed by atoms with van der Waals surface area (Å²) in [6, 6.07) is 0. The fourth-order valence-electron chi connectivity index (χ4n) is 11.0. The molecule has 0 aromatic rings. The minimum atomic E-state index is -4.95. The number of rotatable bonds is 72. The highest BCUT2D eigenvalue weighted by molar-refractivity contribution is 7.47. The molecule has 0 aromatic heterocycles. The van der Waals surface area contributed by atoms with Crippen LogP contribution in [0.5, 0.6) is 0 Å². The van der Waals surface area contributed by atoms with Gasteiger partial charge in [-0.05, 0) is 31.6 Å². The third-order valence-corrected chi connectivity index (χ3v) is 18.7. The maximum Gasteiger partial charge on any atom is 0.472 e. The van der Waals surface area contributed by atoms with Crippen molar-refractivity contribution in [2.45, 2.75) is 393 Å². The van der Waals surface area contributed by atoms with Crippen LogP contribution in [0.25, 0.3) is 0 Å². The Morgan fingerprint density at radius 1 is 0.297 bits per heavy atom. The molecule has 19 heteroatoms. The molecule has 0 saturated carbocycles. The van der Waals surface area contributed by atoms with E-state index in [1.54, 1.807) is 0 Å². The van der Waals surface area contributed by atoms with E-state index in [0.717, 1.165) is 95.8 Å². The molecule has 2 unspecified atom stereocenters. The smallest absolute Gasteiger partial charge is 0.462 e. The van der Waals surface area contributed by atoms with Gasteiger partial charge in [0.1, 0.15) is 19.3 Å². The van der Waals surface area contributed by atoms with Crippen molar-refractivity contribution in [3.63, 3.8) is 0 Å². The Morgan fingerprint density at radius 3 is 0.747 bits per heavy atom. The van der Waals surface area contributed by atoms with E-state index in [2.05, 4.69) is 34.6 Å². The highest BCUT2D eigenvalue weighted by Crippen LogP contribution is 2.45. The number of aliphatic hydroxyl groups excluding tert-OH is 1. The van der Waals surface area contributed by atoms with Crippen LogP contribution < -0.4 is 0 Å². The van der Waals surface area contributed by atoms with E-state index >= 15 is 0 Å². The quantitative estimate of drug-likeness (QED) is 0.0222. The van der Waals surface area contributed by atoms with Gasteiger partial charge in [0, 0.05) is 25.7 Å². The van der Waals surface area contributed by atoms with Gasteiger partial charge < -0.3 is 33.8 Å². The molecular formula is C72H140O17P2. The van der Waals surface area contributed by atoms with E-state index in [-0.39, 0.29) is 25.7 Å². The minimum Gasteiger partial charge on any atom is -0.462 e. The number of hydrogen-bond donors (Lipinski definition) is 3. The molecule has 0 radical (unpaired) electrons. The average Bonchev–Trinajstić information content (AvgIpc) is 3.17. The van der Waals surface area contributed by atoms with Crippen LogP contribution >= 0.6 is 15.6 Å². The molecule has 0 aliphatic rings. The summed E-state index contributed by atoms with van der Waals surface area (Å²) >= 11 is 0. The minimum absolute atomic E-state index is 0.106. The number of hydrogen-bond acceptors (Lipinski definition) is 15. The van der Waals surface area contributed by atoms with Gasteiger partial charge in [-0.1, -0.05) is 324 Å². The third-order valence-electron chi connectivity index (χ3n) is 16.8. The fourth-order valence-corrected chi connectivity index (χ4v) is 12.6. The van der Waals surface area contributed by atoms with Crippen LogP contribution in [0.4, 0.5) is 0 Å². The molecule has 0 amide bonds. The summed E-state index contributed by atoms with van der Waals surface area (Å²) in [6.07, 6.45) is 52.6. The lowest BCUT2D eigenvalue weighted by Gasteiger charge is -2.21. The molecular weight excluding hydrogens is 1200 g/mol. The van der Waals surface area contributed by atoms with Crippen LogP contribution in [-0.4, -0.2) is 96.7 Å². The zero-order valence-corrected chi connectivity index (χ0v) is 60.8. The Morgan fingerprint density at radius 2 is 0.505 bits per heavy atom. The fraction of sp³-hybridized carbons (Fsp3) is 0.944. The first-order chi connectivity index (χ1) is 44.0. The molecule has 0 aliphatic carbocycles. The maximum absolute atomic E-state index is 13.0. The van der Waals surface area contributed by atoms with Crippen LogP contribution in [0.2, 0.25) is 0 Å². The van der Waals surface area contributed by atoms with Gasteiger partial charge >= 0.3 is 39.5 Å². The average molecular weight is 1340 g/mol. The summed E-state index contributed by atoms with van der Waals surface area (Å²) in [6.45, 7) is 7.24. The standard InChI is InChI=1S/C72H140O17P2/c1-6-9-12-15-18-21-24-26-27-28-30-32-37-42-47-52-57-71(76)88-67(62-83-70(75)56-51-46-41-36-31-29-25-22-19-16-13-10-7-2)63-86-90(78,79)84-59-66(73)60-85-91(80,81)87-64-68(61-82-69(74)55-50-45-40-35-23-20-17-14-11-8-3)89-72(77)58-53-48-43-38-33-34-39-44-49-54-65(4)5/h65-68,73H,6-64H2,1-5H3,(H,78,79)(H,80,81)/t66-,67-,68-/m1/s1.